The molecule has 0 heterocycles. The summed E-state index contributed by atoms with van der Waals surface area (Å²) in [6.07, 6.45) is -1.02. The molecular weight excluding hydrogens is 265 g/mol. The van der Waals surface area contributed by atoms with Crippen LogP contribution in [0.15, 0.2) is 42.5 Å². The van der Waals surface area contributed by atoms with Crippen LogP contribution >= 0.6 is 0 Å². The Labute approximate surface area is 114 Å². The number of ether oxygens (including phenoxy) is 1. The summed E-state index contributed by atoms with van der Waals surface area (Å²) in [6.45, 7) is 1.43. The summed E-state index contributed by atoms with van der Waals surface area (Å²) >= 11 is 0. The van der Waals surface area contributed by atoms with Crippen molar-refractivity contribution in [3.8, 4) is 11.5 Å². The lowest BCUT2D eigenvalue weighted by Crippen LogP contribution is -1.99. The standard InChI is InChI=1S/C14H12FNO4/c1-9(17)14-12(15)3-2-4-13(14)20-11-7-5-10(6-8-11)16(18)19/h2-9,17H,1H3. The fourth-order valence-corrected chi connectivity index (χ4v) is 1.77. The van der Waals surface area contributed by atoms with Gasteiger partial charge in [-0.3, -0.25) is 10.1 Å². The maximum Gasteiger partial charge on any atom is 0.269 e. The highest BCUT2D eigenvalue weighted by Gasteiger charge is 2.15. The van der Waals surface area contributed by atoms with Crippen LogP contribution in [0.25, 0.3) is 0 Å². The van der Waals surface area contributed by atoms with Crippen molar-refractivity contribution in [2.45, 2.75) is 13.0 Å². The number of non-ortho nitro benzene ring substituents is 1. The number of nitrogens with zero attached hydrogens (tertiary/aromatic N) is 1. The van der Waals surface area contributed by atoms with E-state index in [2.05, 4.69) is 0 Å². The summed E-state index contributed by atoms with van der Waals surface area (Å²) in [7, 11) is 0. The highest BCUT2D eigenvalue weighted by atomic mass is 19.1. The molecule has 0 aliphatic carbocycles. The molecule has 0 bridgehead atoms. The van der Waals surface area contributed by atoms with Crippen LogP contribution < -0.4 is 4.74 Å². The molecule has 0 aliphatic heterocycles. The van der Waals surface area contributed by atoms with Crippen molar-refractivity contribution in [2.24, 2.45) is 0 Å². The van der Waals surface area contributed by atoms with Crippen LogP contribution in [0, 0.1) is 15.9 Å². The van der Waals surface area contributed by atoms with Crippen LogP contribution in [-0.4, -0.2) is 10.0 Å². The van der Waals surface area contributed by atoms with Crippen LogP contribution in [0.4, 0.5) is 10.1 Å². The molecule has 2 aromatic carbocycles. The second kappa shape index (κ2) is 5.66. The number of hydrogen-bond acceptors (Lipinski definition) is 4. The number of benzene rings is 2. The third-order valence-corrected chi connectivity index (χ3v) is 2.71. The molecule has 0 aromatic heterocycles. The van der Waals surface area contributed by atoms with Gasteiger partial charge in [-0.15, -0.1) is 0 Å². The lowest BCUT2D eigenvalue weighted by Gasteiger charge is -2.13. The summed E-state index contributed by atoms with van der Waals surface area (Å²) in [5, 5.41) is 20.1. The van der Waals surface area contributed by atoms with Gasteiger partial charge in [-0.05, 0) is 31.2 Å². The van der Waals surface area contributed by atoms with E-state index in [4.69, 9.17) is 4.74 Å². The van der Waals surface area contributed by atoms with Crippen molar-refractivity contribution >= 4 is 5.69 Å². The van der Waals surface area contributed by atoms with Crippen LogP contribution in [0.3, 0.4) is 0 Å². The molecule has 20 heavy (non-hydrogen) atoms. The monoisotopic (exact) mass is 277 g/mol. The number of aliphatic hydroxyl groups is 1. The van der Waals surface area contributed by atoms with Crippen LogP contribution in [-0.2, 0) is 0 Å². The third kappa shape index (κ3) is 2.92. The number of hydrogen-bond donors (Lipinski definition) is 1. The van der Waals surface area contributed by atoms with E-state index < -0.39 is 16.8 Å². The highest BCUT2D eigenvalue weighted by Crippen LogP contribution is 2.32. The molecular formula is C14H12FNO4. The normalized spacial score (nSPS) is 11.9. The number of halogens is 1. The van der Waals surface area contributed by atoms with Gasteiger partial charge in [0.2, 0.25) is 0 Å². The van der Waals surface area contributed by atoms with E-state index >= 15 is 0 Å². The summed E-state index contributed by atoms with van der Waals surface area (Å²) in [4.78, 5) is 10.0. The quantitative estimate of drug-likeness (QED) is 0.684. The van der Waals surface area contributed by atoms with Gasteiger partial charge >= 0.3 is 0 Å². The van der Waals surface area contributed by atoms with E-state index in [0.29, 0.717) is 5.75 Å². The fraction of sp³-hybridized carbons (Fsp3) is 0.143. The van der Waals surface area contributed by atoms with Gasteiger partial charge in [-0.25, -0.2) is 4.39 Å². The predicted octanol–water partition coefficient (Wildman–Crippen LogP) is 3.58. The van der Waals surface area contributed by atoms with Crippen LogP contribution in [0.5, 0.6) is 11.5 Å². The minimum atomic E-state index is -1.02. The first-order valence-corrected chi connectivity index (χ1v) is 5.88. The third-order valence-electron chi connectivity index (χ3n) is 2.71. The van der Waals surface area contributed by atoms with Crippen molar-refractivity contribution < 1.29 is 19.2 Å². The molecule has 2 aromatic rings. The Morgan fingerprint density at radius 1 is 1.25 bits per heavy atom. The zero-order valence-electron chi connectivity index (χ0n) is 10.6. The van der Waals surface area contributed by atoms with Crippen molar-refractivity contribution in [3.63, 3.8) is 0 Å². The first-order valence-electron chi connectivity index (χ1n) is 5.88. The van der Waals surface area contributed by atoms with Crippen LogP contribution in [0.2, 0.25) is 0 Å². The Balaban J connectivity index is 2.30. The Kier molecular flexibility index (Phi) is 3.95. The summed E-state index contributed by atoms with van der Waals surface area (Å²) < 4.78 is 19.1. The lowest BCUT2D eigenvalue weighted by atomic mass is 10.1. The first kappa shape index (κ1) is 14.0. The molecule has 0 saturated heterocycles. The lowest BCUT2D eigenvalue weighted by molar-refractivity contribution is -0.384. The van der Waals surface area contributed by atoms with Gasteiger partial charge < -0.3 is 9.84 Å². The van der Waals surface area contributed by atoms with Gasteiger partial charge in [0.05, 0.1) is 16.6 Å². The molecule has 0 amide bonds. The molecule has 1 unspecified atom stereocenters. The van der Waals surface area contributed by atoms with Gasteiger partial charge in [0.1, 0.15) is 17.3 Å². The van der Waals surface area contributed by atoms with Crippen LogP contribution in [0.1, 0.15) is 18.6 Å². The second-order valence-electron chi connectivity index (χ2n) is 4.18. The first-order chi connectivity index (χ1) is 9.49. The Hall–Kier alpha value is -2.47. The average Bonchev–Trinajstić information content (AvgIpc) is 2.39. The fourth-order valence-electron chi connectivity index (χ4n) is 1.77. The Morgan fingerprint density at radius 3 is 2.45 bits per heavy atom. The van der Waals surface area contributed by atoms with Gasteiger partial charge in [-0.2, -0.15) is 0 Å². The van der Waals surface area contributed by atoms with E-state index in [1.165, 1.54) is 49.4 Å². The summed E-state index contributed by atoms with van der Waals surface area (Å²) in [6, 6.07) is 9.61. The van der Waals surface area contributed by atoms with E-state index in [9.17, 15) is 19.6 Å². The topological polar surface area (TPSA) is 72.6 Å². The van der Waals surface area contributed by atoms with E-state index in [-0.39, 0.29) is 17.0 Å². The molecule has 0 saturated carbocycles. The molecule has 0 spiro atoms. The maximum atomic E-state index is 13.6. The largest absolute Gasteiger partial charge is 0.457 e. The minimum absolute atomic E-state index is 0.0471. The molecule has 0 radical (unpaired) electrons. The average molecular weight is 277 g/mol. The molecule has 0 fully saturated rings. The minimum Gasteiger partial charge on any atom is -0.457 e. The zero-order chi connectivity index (χ0) is 14.7. The highest BCUT2D eigenvalue weighted by molar-refractivity contribution is 5.42. The van der Waals surface area contributed by atoms with E-state index in [0.717, 1.165) is 0 Å². The van der Waals surface area contributed by atoms with Crippen molar-refractivity contribution in [2.75, 3.05) is 0 Å². The Bertz CT molecular complexity index is 626. The Morgan fingerprint density at radius 2 is 1.90 bits per heavy atom. The molecule has 5 nitrogen and oxygen atoms in total. The van der Waals surface area contributed by atoms with Gasteiger partial charge in [-0.1, -0.05) is 6.07 Å². The van der Waals surface area contributed by atoms with Gasteiger partial charge in [0.25, 0.3) is 5.69 Å². The molecule has 1 atom stereocenters. The summed E-state index contributed by atoms with van der Waals surface area (Å²) in [5.41, 5.74) is -0.0156. The van der Waals surface area contributed by atoms with E-state index in [1.54, 1.807) is 0 Å². The molecule has 6 heteroatoms. The molecule has 104 valence electrons. The number of rotatable bonds is 4. The summed E-state index contributed by atoms with van der Waals surface area (Å²) in [5.74, 6) is -0.0728. The maximum absolute atomic E-state index is 13.6. The van der Waals surface area contributed by atoms with Gasteiger partial charge in [0, 0.05) is 12.1 Å². The smallest absolute Gasteiger partial charge is 0.269 e. The number of nitro groups is 1. The molecule has 1 N–H and O–H groups in total. The SMILES string of the molecule is CC(O)c1c(F)cccc1Oc1ccc([N+](=O)[O-])cc1. The second-order valence-corrected chi connectivity index (χ2v) is 4.18. The van der Waals surface area contributed by atoms with Crippen molar-refractivity contribution in [1.82, 2.24) is 0 Å². The zero-order valence-corrected chi connectivity index (χ0v) is 10.6. The number of nitro benzene ring substituents is 1. The van der Waals surface area contributed by atoms with E-state index in [1.807, 2.05) is 0 Å². The van der Waals surface area contributed by atoms with Crippen molar-refractivity contribution in [3.05, 3.63) is 64.0 Å². The van der Waals surface area contributed by atoms with Gasteiger partial charge in [0.15, 0.2) is 0 Å². The number of aliphatic hydroxyl groups excluding tert-OH is 1. The van der Waals surface area contributed by atoms with Crippen molar-refractivity contribution in [1.29, 1.82) is 0 Å². The molecule has 2 rings (SSSR count). The molecule has 0 aliphatic rings. The predicted molar refractivity (Wildman–Crippen MR) is 70.2 cm³/mol.